The molecule has 24 heavy (non-hydrogen) atoms. The Morgan fingerprint density at radius 3 is 2.38 bits per heavy atom. The van der Waals surface area contributed by atoms with Crippen molar-refractivity contribution in [1.29, 1.82) is 0 Å². The van der Waals surface area contributed by atoms with Crippen molar-refractivity contribution >= 4 is 23.7 Å². The Hall–Kier alpha value is -2.23. The SMILES string of the molecule is Cc1ccc(SN(O)NC(=O)Nc2ccccc2C(F)(F)F)cc1. The third-order valence-electron chi connectivity index (χ3n) is 2.89. The average Bonchev–Trinajstić information content (AvgIpc) is 2.49. The van der Waals surface area contributed by atoms with E-state index in [1.54, 1.807) is 12.1 Å². The fourth-order valence-corrected chi connectivity index (χ4v) is 2.38. The summed E-state index contributed by atoms with van der Waals surface area (Å²) in [6, 6.07) is 10.6. The Labute approximate surface area is 140 Å². The number of nitrogens with zero attached hydrogens (tertiary/aromatic N) is 1. The molecule has 0 aromatic heterocycles. The number of urea groups is 1. The number of nitrogens with one attached hydrogen (secondary N) is 2. The molecule has 2 aromatic rings. The van der Waals surface area contributed by atoms with Gasteiger partial charge in [-0.2, -0.15) is 13.2 Å². The first-order chi connectivity index (χ1) is 11.3. The minimum absolute atomic E-state index is 0.406. The molecule has 0 saturated heterocycles. The molecule has 0 fully saturated rings. The molecule has 0 heterocycles. The molecule has 0 aliphatic carbocycles. The summed E-state index contributed by atoms with van der Waals surface area (Å²) >= 11 is 0.796. The molecule has 9 heteroatoms. The number of benzene rings is 2. The molecule has 0 aliphatic heterocycles. The van der Waals surface area contributed by atoms with Crippen LogP contribution in [0.1, 0.15) is 11.1 Å². The summed E-state index contributed by atoms with van der Waals surface area (Å²) in [5.74, 6) is 0. The second-order valence-electron chi connectivity index (χ2n) is 4.79. The molecule has 0 radical (unpaired) electrons. The van der Waals surface area contributed by atoms with Crippen LogP contribution in [-0.2, 0) is 6.18 Å². The zero-order valence-corrected chi connectivity index (χ0v) is 13.3. The van der Waals surface area contributed by atoms with E-state index in [0.717, 1.165) is 29.6 Å². The van der Waals surface area contributed by atoms with Gasteiger partial charge < -0.3 is 5.32 Å². The highest BCUT2D eigenvalue weighted by molar-refractivity contribution is 7.96. The molecule has 0 spiro atoms. The summed E-state index contributed by atoms with van der Waals surface area (Å²) in [6.07, 6.45) is -4.60. The summed E-state index contributed by atoms with van der Waals surface area (Å²) in [4.78, 5) is 12.4. The molecule has 2 rings (SSSR count). The Morgan fingerprint density at radius 2 is 1.75 bits per heavy atom. The number of hydrogen-bond acceptors (Lipinski definition) is 4. The van der Waals surface area contributed by atoms with Gasteiger partial charge in [-0.15, -0.1) is 0 Å². The van der Waals surface area contributed by atoms with Crippen LogP contribution in [0.5, 0.6) is 0 Å². The highest BCUT2D eigenvalue weighted by Gasteiger charge is 2.33. The predicted molar refractivity (Wildman–Crippen MR) is 84.3 cm³/mol. The van der Waals surface area contributed by atoms with E-state index in [9.17, 15) is 23.2 Å². The van der Waals surface area contributed by atoms with Gasteiger partial charge in [0.15, 0.2) is 0 Å². The summed E-state index contributed by atoms with van der Waals surface area (Å²) in [6.45, 7) is 1.90. The Bertz CT molecular complexity index is 708. The highest BCUT2D eigenvalue weighted by Crippen LogP contribution is 2.34. The maximum atomic E-state index is 12.8. The number of carbonyl (C=O) groups excluding carboxylic acids is 1. The minimum Gasteiger partial charge on any atom is -0.306 e. The largest absolute Gasteiger partial charge is 0.418 e. The molecule has 0 unspecified atom stereocenters. The third kappa shape index (κ3) is 5.15. The number of alkyl halides is 3. The maximum Gasteiger partial charge on any atom is 0.418 e. The van der Waals surface area contributed by atoms with E-state index >= 15 is 0 Å². The van der Waals surface area contributed by atoms with Crippen molar-refractivity contribution in [3.63, 3.8) is 0 Å². The third-order valence-corrected chi connectivity index (χ3v) is 3.64. The van der Waals surface area contributed by atoms with E-state index in [4.69, 9.17) is 0 Å². The molecular formula is C15H14F3N3O2S. The summed E-state index contributed by atoms with van der Waals surface area (Å²) < 4.78 is 39.0. The normalized spacial score (nSPS) is 11.4. The second-order valence-corrected chi connectivity index (χ2v) is 5.79. The van der Waals surface area contributed by atoms with Crippen LogP contribution in [0, 0.1) is 6.92 Å². The molecule has 0 saturated carbocycles. The predicted octanol–water partition coefficient (Wildman–Crippen LogP) is 4.45. The van der Waals surface area contributed by atoms with Crippen LogP contribution in [0.25, 0.3) is 0 Å². The number of rotatable bonds is 4. The molecule has 3 N–H and O–H groups in total. The van der Waals surface area contributed by atoms with Crippen molar-refractivity contribution in [2.75, 3.05) is 5.32 Å². The van der Waals surface area contributed by atoms with Gasteiger partial charge in [0, 0.05) is 16.8 Å². The van der Waals surface area contributed by atoms with Crippen LogP contribution in [-0.4, -0.2) is 15.8 Å². The van der Waals surface area contributed by atoms with Crippen LogP contribution in [0.4, 0.5) is 23.7 Å². The van der Waals surface area contributed by atoms with Crippen molar-refractivity contribution < 1.29 is 23.2 Å². The number of hydrogen-bond donors (Lipinski definition) is 3. The van der Waals surface area contributed by atoms with Gasteiger partial charge in [-0.3, -0.25) is 5.21 Å². The van der Waals surface area contributed by atoms with E-state index in [-0.39, 0.29) is 0 Å². The van der Waals surface area contributed by atoms with Gasteiger partial charge in [0.1, 0.15) is 0 Å². The number of halogens is 3. The van der Waals surface area contributed by atoms with Crippen molar-refractivity contribution in [2.24, 2.45) is 0 Å². The number of anilines is 1. The van der Waals surface area contributed by atoms with Gasteiger partial charge in [-0.05, 0) is 35.8 Å². The lowest BCUT2D eigenvalue weighted by Crippen LogP contribution is -2.38. The van der Waals surface area contributed by atoms with Crippen molar-refractivity contribution in [2.45, 2.75) is 18.0 Å². The zero-order chi connectivity index (χ0) is 17.7. The summed E-state index contributed by atoms with van der Waals surface area (Å²) in [5.41, 5.74) is 1.65. The van der Waals surface area contributed by atoms with Gasteiger partial charge in [-0.1, -0.05) is 29.8 Å². The van der Waals surface area contributed by atoms with Crippen LogP contribution < -0.4 is 10.7 Å². The lowest BCUT2D eigenvalue weighted by Gasteiger charge is -2.17. The van der Waals surface area contributed by atoms with Crippen LogP contribution >= 0.6 is 11.9 Å². The smallest absolute Gasteiger partial charge is 0.306 e. The van der Waals surface area contributed by atoms with Gasteiger partial charge >= 0.3 is 12.2 Å². The first-order valence-electron chi connectivity index (χ1n) is 6.73. The monoisotopic (exact) mass is 357 g/mol. The number of hydrazine groups is 1. The number of para-hydroxylation sites is 1. The van der Waals surface area contributed by atoms with Crippen LogP contribution in [0.15, 0.2) is 53.4 Å². The molecule has 2 amide bonds. The van der Waals surface area contributed by atoms with Crippen LogP contribution in [0.2, 0.25) is 0 Å². The fraction of sp³-hybridized carbons (Fsp3) is 0.133. The number of aryl methyl sites for hydroxylation is 1. The fourth-order valence-electron chi connectivity index (χ4n) is 1.80. The standard InChI is InChI=1S/C15H14F3N3O2S/c1-10-6-8-11(9-7-10)24-21(23)20-14(22)19-13-5-3-2-4-12(13)15(16,17)18/h2-9,23H,1H3,(H2,19,20,22). The van der Waals surface area contributed by atoms with E-state index in [1.807, 2.05) is 24.5 Å². The Balaban J connectivity index is 1.97. The maximum absolute atomic E-state index is 12.8. The van der Waals surface area contributed by atoms with E-state index in [0.29, 0.717) is 9.47 Å². The zero-order valence-electron chi connectivity index (χ0n) is 12.5. The van der Waals surface area contributed by atoms with Crippen molar-refractivity contribution in [3.05, 3.63) is 59.7 Å². The minimum atomic E-state index is -4.60. The van der Waals surface area contributed by atoms with Crippen LogP contribution in [0.3, 0.4) is 0 Å². The first-order valence-corrected chi connectivity index (χ1v) is 7.50. The van der Waals surface area contributed by atoms with Crippen molar-refractivity contribution in [1.82, 2.24) is 10.0 Å². The molecule has 0 bridgehead atoms. The van der Waals surface area contributed by atoms with Crippen molar-refractivity contribution in [3.8, 4) is 0 Å². The lowest BCUT2D eigenvalue weighted by molar-refractivity contribution is -0.136. The number of carbonyl (C=O) groups is 1. The molecule has 2 aromatic carbocycles. The second kappa shape index (κ2) is 7.56. The molecule has 0 aliphatic rings. The molecular weight excluding hydrogens is 343 g/mol. The highest BCUT2D eigenvalue weighted by atomic mass is 32.2. The molecule has 0 atom stereocenters. The summed E-state index contributed by atoms with van der Waals surface area (Å²) in [5, 5.41) is 11.7. The Morgan fingerprint density at radius 1 is 1.12 bits per heavy atom. The van der Waals surface area contributed by atoms with Gasteiger partial charge in [0.2, 0.25) is 0 Å². The quantitative estimate of drug-likeness (QED) is 0.559. The topological polar surface area (TPSA) is 64.6 Å². The Kier molecular flexibility index (Phi) is 5.71. The lowest BCUT2D eigenvalue weighted by atomic mass is 10.1. The van der Waals surface area contributed by atoms with Gasteiger partial charge in [0.05, 0.1) is 11.3 Å². The van der Waals surface area contributed by atoms with E-state index in [2.05, 4.69) is 5.32 Å². The number of amides is 2. The molecule has 5 nitrogen and oxygen atoms in total. The summed E-state index contributed by atoms with van der Waals surface area (Å²) in [7, 11) is 0. The average molecular weight is 357 g/mol. The first kappa shape index (κ1) is 18.1. The van der Waals surface area contributed by atoms with Gasteiger partial charge in [-0.25, -0.2) is 10.2 Å². The van der Waals surface area contributed by atoms with E-state index in [1.165, 1.54) is 12.1 Å². The van der Waals surface area contributed by atoms with Gasteiger partial charge in [0.25, 0.3) is 0 Å². The molecule has 128 valence electrons. The van der Waals surface area contributed by atoms with E-state index < -0.39 is 23.5 Å².